The van der Waals surface area contributed by atoms with Gasteiger partial charge in [0.05, 0.1) is 10.7 Å². The highest BCUT2D eigenvalue weighted by atomic mass is 35.5. The van der Waals surface area contributed by atoms with Crippen LogP contribution in [0.2, 0.25) is 5.28 Å². The van der Waals surface area contributed by atoms with E-state index in [1.807, 2.05) is 37.5 Å². The second kappa shape index (κ2) is 11.4. The van der Waals surface area contributed by atoms with Gasteiger partial charge in [-0.3, -0.25) is 0 Å². The van der Waals surface area contributed by atoms with E-state index in [2.05, 4.69) is 34.2 Å². The first-order valence-corrected chi connectivity index (χ1v) is 9.37. The van der Waals surface area contributed by atoms with E-state index in [1.54, 1.807) is 6.20 Å². The molecule has 1 aromatic rings. The van der Waals surface area contributed by atoms with Gasteiger partial charge in [-0.05, 0) is 43.0 Å². The van der Waals surface area contributed by atoms with Crippen LogP contribution in [0.4, 0.5) is 0 Å². The van der Waals surface area contributed by atoms with Crippen molar-refractivity contribution in [2.45, 2.75) is 20.3 Å². The molecule has 0 bridgehead atoms. The molecule has 0 amide bonds. The molecule has 0 atom stereocenters. The summed E-state index contributed by atoms with van der Waals surface area (Å²) in [4.78, 5) is 8.13. The van der Waals surface area contributed by atoms with Crippen molar-refractivity contribution in [1.29, 1.82) is 5.26 Å². The number of terminal acetylenes is 1. The number of alkyl halides is 1. The lowest BCUT2D eigenvalue weighted by atomic mass is 10.1. The predicted molar refractivity (Wildman–Crippen MR) is 111 cm³/mol. The molecule has 2 heterocycles. The number of hydrogen-bond acceptors (Lipinski definition) is 5. The van der Waals surface area contributed by atoms with Crippen LogP contribution in [0.25, 0.3) is 5.57 Å². The zero-order chi connectivity index (χ0) is 19.5. The van der Waals surface area contributed by atoms with E-state index in [4.69, 9.17) is 23.2 Å². The number of nitrogens with one attached hydrogen (secondary N) is 1. The first-order chi connectivity index (χ1) is 12.6. The molecule has 26 heavy (non-hydrogen) atoms. The standard InChI is InChI=1S/C17H16Cl2N4S.C2H2/c1-3-12(6-4-5-7-18)14-10-24-16(22-14)13(8-20)15-11(2)9-21-17(19)23-15;1-2/h3-5,9-10,22H,6-7H2,1-2H3;1-2H/b5-4-,12-3+,16-13-;. The van der Waals surface area contributed by atoms with Gasteiger partial charge < -0.3 is 5.32 Å². The maximum absolute atomic E-state index is 9.58. The summed E-state index contributed by atoms with van der Waals surface area (Å²) in [5, 5.41) is 15.8. The predicted octanol–water partition coefficient (Wildman–Crippen LogP) is 5.19. The summed E-state index contributed by atoms with van der Waals surface area (Å²) in [5.41, 5.74) is 3.91. The van der Waals surface area contributed by atoms with Gasteiger partial charge in [0.1, 0.15) is 11.6 Å². The van der Waals surface area contributed by atoms with Crippen molar-refractivity contribution in [3.63, 3.8) is 0 Å². The Morgan fingerprint density at radius 2 is 2.15 bits per heavy atom. The molecule has 1 aromatic heterocycles. The maximum Gasteiger partial charge on any atom is 0.222 e. The van der Waals surface area contributed by atoms with Crippen molar-refractivity contribution in [2.24, 2.45) is 0 Å². The van der Waals surface area contributed by atoms with Crippen molar-refractivity contribution in [1.82, 2.24) is 15.3 Å². The number of thioether (sulfide) groups is 1. The SMILES string of the molecule is C#C.C/C=C(\C/C=C\CCl)C1=CS/C(=C(/C#N)c2nc(Cl)ncc2C)N1. The van der Waals surface area contributed by atoms with Crippen molar-refractivity contribution >= 4 is 40.5 Å². The molecule has 0 unspecified atom stereocenters. The number of nitriles is 1. The van der Waals surface area contributed by atoms with E-state index >= 15 is 0 Å². The van der Waals surface area contributed by atoms with Gasteiger partial charge in [0, 0.05) is 23.2 Å². The summed E-state index contributed by atoms with van der Waals surface area (Å²) < 4.78 is 0. The van der Waals surface area contributed by atoms with Crippen molar-refractivity contribution in [2.75, 3.05) is 5.88 Å². The summed E-state index contributed by atoms with van der Waals surface area (Å²) in [6, 6.07) is 2.22. The number of halogens is 2. The van der Waals surface area contributed by atoms with Crippen molar-refractivity contribution in [3.8, 4) is 18.9 Å². The molecule has 2 rings (SSSR count). The van der Waals surface area contributed by atoms with E-state index < -0.39 is 0 Å². The van der Waals surface area contributed by atoms with Gasteiger partial charge in [-0.1, -0.05) is 30.0 Å². The molecule has 0 saturated carbocycles. The lowest BCUT2D eigenvalue weighted by molar-refractivity contribution is 1.03. The molecule has 1 aliphatic rings. The number of allylic oxidation sites excluding steroid dienone is 5. The summed E-state index contributed by atoms with van der Waals surface area (Å²) in [5.74, 6) is 0.496. The third-order valence-electron chi connectivity index (χ3n) is 3.35. The van der Waals surface area contributed by atoms with E-state index in [9.17, 15) is 5.26 Å². The van der Waals surface area contributed by atoms with Crippen LogP contribution in [0.5, 0.6) is 0 Å². The van der Waals surface area contributed by atoms with Crippen LogP contribution in [0, 0.1) is 31.1 Å². The molecule has 1 aliphatic heterocycles. The average Bonchev–Trinajstić information content (AvgIpc) is 3.13. The molecule has 4 nitrogen and oxygen atoms in total. The fraction of sp³-hybridized carbons (Fsp3) is 0.211. The highest BCUT2D eigenvalue weighted by molar-refractivity contribution is 8.06. The molecule has 0 fully saturated rings. The molecule has 7 heteroatoms. The van der Waals surface area contributed by atoms with Crippen LogP contribution in [-0.4, -0.2) is 15.8 Å². The van der Waals surface area contributed by atoms with Crippen LogP contribution in [0.3, 0.4) is 0 Å². The Morgan fingerprint density at radius 3 is 2.77 bits per heavy atom. The summed E-state index contributed by atoms with van der Waals surface area (Å²) in [7, 11) is 0. The molecule has 1 N–H and O–H groups in total. The normalized spacial score (nSPS) is 15.6. The van der Waals surface area contributed by atoms with Gasteiger partial charge in [0.15, 0.2) is 0 Å². The van der Waals surface area contributed by atoms with E-state index in [1.165, 1.54) is 11.8 Å². The first kappa shape index (κ1) is 21.9. The molecule has 0 spiro atoms. The Hall–Kier alpha value is -2.18. The third kappa shape index (κ3) is 5.68. The maximum atomic E-state index is 9.58. The molecule has 0 radical (unpaired) electrons. The van der Waals surface area contributed by atoms with Gasteiger partial charge in [0.2, 0.25) is 5.28 Å². The van der Waals surface area contributed by atoms with Crippen molar-refractivity contribution < 1.29 is 0 Å². The average molecular weight is 405 g/mol. The van der Waals surface area contributed by atoms with E-state index in [0.717, 1.165) is 28.3 Å². The van der Waals surface area contributed by atoms with E-state index in [-0.39, 0.29) is 5.28 Å². The molecular formula is C19H18Cl2N4S. The quantitative estimate of drug-likeness (QED) is 0.240. The van der Waals surface area contributed by atoms with Gasteiger partial charge in [-0.2, -0.15) is 5.26 Å². The summed E-state index contributed by atoms with van der Waals surface area (Å²) in [6.07, 6.45) is 16.4. The zero-order valence-electron chi connectivity index (χ0n) is 14.5. The van der Waals surface area contributed by atoms with Gasteiger partial charge in [0.25, 0.3) is 0 Å². The Labute approximate surface area is 168 Å². The van der Waals surface area contributed by atoms with Crippen molar-refractivity contribution in [3.05, 3.63) is 62.7 Å². The summed E-state index contributed by atoms with van der Waals surface area (Å²) >= 11 is 13.0. The second-order valence-electron chi connectivity index (χ2n) is 4.90. The fourth-order valence-corrected chi connectivity index (χ4v) is 3.25. The van der Waals surface area contributed by atoms with Crippen LogP contribution in [0.15, 0.2) is 46.1 Å². The second-order valence-corrected chi connectivity index (χ2v) is 6.43. The Bertz CT molecular complexity index is 830. The lowest BCUT2D eigenvalue weighted by Gasteiger charge is -2.10. The minimum Gasteiger partial charge on any atom is -0.348 e. The van der Waals surface area contributed by atoms with Crippen LogP contribution in [0.1, 0.15) is 24.6 Å². The molecular weight excluding hydrogens is 387 g/mol. The summed E-state index contributed by atoms with van der Waals surface area (Å²) in [6.45, 7) is 3.84. The minimum atomic E-state index is 0.125. The van der Waals surface area contributed by atoms with Gasteiger partial charge in [-0.25, -0.2) is 9.97 Å². The van der Waals surface area contributed by atoms with Crippen LogP contribution in [-0.2, 0) is 0 Å². The van der Waals surface area contributed by atoms with Gasteiger partial charge in [-0.15, -0.1) is 24.4 Å². The van der Waals surface area contributed by atoms with Crippen LogP contribution < -0.4 is 5.32 Å². The number of nitrogens with zero attached hydrogens (tertiary/aromatic N) is 3. The highest BCUT2D eigenvalue weighted by Gasteiger charge is 2.20. The largest absolute Gasteiger partial charge is 0.348 e. The zero-order valence-corrected chi connectivity index (χ0v) is 16.8. The number of rotatable bonds is 5. The molecule has 0 saturated heterocycles. The molecule has 0 aromatic carbocycles. The Morgan fingerprint density at radius 1 is 1.42 bits per heavy atom. The third-order valence-corrected chi connectivity index (χ3v) is 4.60. The van der Waals surface area contributed by atoms with Gasteiger partial charge >= 0.3 is 0 Å². The van der Waals surface area contributed by atoms with Crippen LogP contribution >= 0.6 is 35.0 Å². The monoisotopic (exact) mass is 404 g/mol. The fourth-order valence-electron chi connectivity index (χ4n) is 2.12. The first-order valence-electron chi connectivity index (χ1n) is 7.58. The number of aromatic nitrogens is 2. The Kier molecular flexibility index (Phi) is 9.62. The van der Waals surface area contributed by atoms with E-state index in [0.29, 0.717) is 17.1 Å². The topological polar surface area (TPSA) is 61.6 Å². The Balaban J connectivity index is 0.00000163. The number of hydrogen-bond donors (Lipinski definition) is 1. The molecule has 134 valence electrons. The minimum absolute atomic E-state index is 0.125. The number of aryl methyl sites for hydroxylation is 1. The molecule has 0 aliphatic carbocycles. The smallest absolute Gasteiger partial charge is 0.222 e. The highest BCUT2D eigenvalue weighted by Crippen LogP contribution is 2.34. The lowest BCUT2D eigenvalue weighted by Crippen LogP contribution is -2.10.